The van der Waals surface area contributed by atoms with Gasteiger partial charge in [-0.25, -0.2) is 4.79 Å². The van der Waals surface area contributed by atoms with Crippen molar-refractivity contribution in [3.05, 3.63) is 22.4 Å². The Labute approximate surface area is 165 Å². The predicted molar refractivity (Wildman–Crippen MR) is 98.5 cm³/mol. The van der Waals surface area contributed by atoms with Gasteiger partial charge in [0.2, 0.25) is 0 Å². The quantitative estimate of drug-likeness (QED) is 0.794. The number of ether oxygens (including phenoxy) is 1. The van der Waals surface area contributed by atoms with E-state index < -0.39 is 12.1 Å². The molecule has 2 aliphatic heterocycles. The highest BCUT2D eigenvalue weighted by Crippen LogP contribution is 2.33. The molecule has 2 saturated heterocycles. The first kappa shape index (κ1) is 22.6. The number of aliphatic carboxylic acids is 1. The van der Waals surface area contributed by atoms with Gasteiger partial charge >= 0.3 is 12.1 Å². The molecule has 1 amide bonds. The average molecular weight is 422 g/mol. The minimum Gasteiger partial charge on any atom is -0.475 e. The highest BCUT2D eigenvalue weighted by atomic mass is 32.1. The van der Waals surface area contributed by atoms with Crippen LogP contribution < -0.4 is 0 Å². The van der Waals surface area contributed by atoms with Crippen LogP contribution in [0.15, 0.2) is 16.8 Å². The smallest absolute Gasteiger partial charge is 0.475 e. The van der Waals surface area contributed by atoms with E-state index in [9.17, 15) is 18.0 Å². The van der Waals surface area contributed by atoms with E-state index in [0.717, 1.165) is 64.3 Å². The first-order valence-corrected chi connectivity index (χ1v) is 10.0. The Hall–Kier alpha value is -1.65. The number of nitrogens with zero attached hydrogens (tertiary/aromatic N) is 2. The molecule has 1 aromatic rings. The topological polar surface area (TPSA) is 70.1 Å². The molecule has 6 nitrogen and oxygen atoms in total. The van der Waals surface area contributed by atoms with Gasteiger partial charge in [-0.05, 0) is 30.8 Å². The summed E-state index contributed by atoms with van der Waals surface area (Å²) in [5.41, 5.74) is 0.954. The van der Waals surface area contributed by atoms with E-state index >= 15 is 0 Å². The van der Waals surface area contributed by atoms with Crippen molar-refractivity contribution in [2.45, 2.75) is 25.9 Å². The molecule has 3 heterocycles. The molecule has 1 spiro atoms. The second kappa shape index (κ2) is 9.71. The van der Waals surface area contributed by atoms with Crippen molar-refractivity contribution in [1.82, 2.24) is 9.80 Å². The average Bonchev–Trinajstić information content (AvgIpc) is 3.11. The Morgan fingerprint density at radius 2 is 2.04 bits per heavy atom. The molecule has 0 bridgehead atoms. The lowest BCUT2D eigenvalue weighted by atomic mass is 9.80. The van der Waals surface area contributed by atoms with Gasteiger partial charge in [0.05, 0.1) is 18.8 Å². The fourth-order valence-electron chi connectivity index (χ4n) is 3.55. The monoisotopic (exact) mass is 422 g/mol. The number of carboxylic acids is 1. The molecule has 28 heavy (non-hydrogen) atoms. The van der Waals surface area contributed by atoms with Gasteiger partial charge in [-0.1, -0.05) is 6.92 Å². The molecule has 158 valence electrons. The molecule has 2 fully saturated rings. The maximum Gasteiger partial charge on any atom is 0.490 e. The van der Waals surface area contributed by atoms with E-state index in [1.165, 1.54) is 0 Å². The van der Waals surface area contributed by atoms with Crippen molar-refractivity contribution in [3.63, 3.8) is 0 Å². The number of amides is 1. The molecule has 0 aliphatic carbocycles. The Balaban J connectivity index is 0.000000345. The van der Waals surface area contributed by atoms with Gasteiger partial charge in [-0.3, -0.25) is 4.79 Å². The van der Waals surface area contributed by atoms with Gasteiger partial charge in [0.15, 0.2) is 0 Å². The third-order valence-electron chi connectivity index (χ3n) is 4.93. The summed E-state index contributed by atoms with van der Waals surface area (Å²) in [5.74, 6) is -2.57. The van der Waals surface area contributed by atoms with Crippen LogP contribution in [0.25, 0.3) is 0 Å². The summed E-state index contributed by atoms with van der Waals surface area (Å²) >= 11 is 1.59. The summed E-state index contributed by atoms with van der Waals surface area (Å²) in [6, 6.07) is 1.93. The van der Waals surface area contributed by atoms with Crippen LogP contribution >= 0.6 is 11.3 Å². The fourth-order valence-corrected chi connectivity index (χ4v) is 4.18. The lowest BCUT2D eigenvalue weighted by Gasteiger charge is -2.43. The minimum absolute atomic E-state index is 0.121. The molecule has 1 N–H and O–H groups in total. The Kier molecular flexibility index (Phi) is 7.85. The van der Waals surface area contributed by atoms with Gasteiger partial charge in [-0.15, -0.1) is 0 Å². The second-order valence-corrected chi connectivity index (χ2v) is 7.85. The summed E-state index contributed by atoms with van der Waals surface area (Å²) in [7, 11) is 0. The van der Waals surface area contributed by atoms with Crippen molar-refractivity contribution >= 4 is 23.2 Å². The van der Waals surface area contributed by atoms with E-state index in [2.05, 4.69) is 11.8 Å². The van der Waals surface area contributed by atoms with Crippen molar-refractivity contribution in [2.75, 3.05) is 45.9 Å². The van der Waals surface area contributed by atoms with E-state index in [4.69, 9.17) is 14.6 Å². The number of likely N-dealkylation sites (tertiary alicyclic amines) is 1. The lowest BCUT2D eigenvalue weighted by molar-refractivity contribution is -0.192. The number of carbonyl (C=O) groups excluding carboxylic acids is 1. The number of carbonyl (C=O) groups is 2. The molecule has 0 radical (unpaired) electrons. The predicted octanol–water partition coefficient (Wildman–Crippen LogP) is 2.96. The number of likely N-dealkylation sites (N-methyl/N-ethyl adjacent to an activating group) is 1. The van der Waals surface area contributed by atoms with Crippen LogP contribution in [0.1, 0.15) is 30.1 Å². The van der Waals surface area contributed by atoms with Crippen LogP contribution in [0, 0.1) is 5.41 Å². The number of halogens is 3. The molecular weight excluding hydrogens is 397 g/mol. The van der Waals surface area contributed by atoms with Gasteiger partial charge in [-0.2, -0.15) is 24.5 Å². The zero-order valence-electron chi connectivity index (χ0n) is 15.7. The first-order valence-electron chi connectivity index (χ1n) is 9.08. The van der Waals surface area contributed by atoms with Crippen LogP contribution in [-0.2, 0) is 9.53 Å². The number of hydrogen-bond donors (Lipinski definition) is 1. The van der Waals surface area contributed by atoms with Crippen LogP contribution in [0.2, 0.25) is 0 Å². The molecule has 0 aromatic carbocycles. The lowest BCUT2D eigenvalue weighted by Crippen LogP contribution is -2.52. The largest absolute Gasteiger partial charge is 0.490 e. The Morgan fingerprint density at radius 1 is 1.32 bits per heavy atom. The maximum atomic E-state index is 12.6. The summed E-state index contributed by atoms with van der Waals surface area (Å²) in [4.78, 5) is 26.0. The van der Waals surface area contributed by atoms with E-state index in [0.29, 0.717) is 0 Å². The SMILES string of the molecule is CCN1CCOCC2(CCCN(C(=O)c3ccsc3)C2)C1.O=C(O)C(F)(F)F. The normalized spacial score (nSPS) is 23.6. The highest BCUT2D eigenvalue weighted by molar-refractivity contribution is 7.08. The fraction of sp³-hybridized carbons (Fsp3) is 0.667. The number of thiophene rings is 1. The Bertz CT molecular complexity index is 654. The molecule has 1 aromatic heterocycles. The number of carboxylic acid groups (broad SMARTS) is 1. The summed E-state index contributed by atoms with van der Waals surface area (Å²) in [5, 5.41) is 11.0. The van der Waals surface area contributed by atoms with Gasteiger partial charge in [0.25, 0.3) is 5.91 Å². The van der Waals surface area contributed by atoms with Gasteiger partial charge < -0.3 is 19.6 Å². The standard InChI is InChI=1S/C16H24N2O2S.C2HF3O2/c1-2-17-7-8-20-13-16(11-17)5-3-6-18(12-16)15(19)14-4-9-21-10-14;3-2(4,5)1(6)7/h4,9-10H,2-3,5-8,11-13H2,1H3;(H,6,7). The molecule has 1 unspecified atom stereocenters. The summed E-state index contributed by atoms with van der Waals surface area (Å²) < 4.78 is 37.6. The third kappa shape index (κ3) is 6.18. The van der Waals surface area contributed by atoms with Crippen molar-refractivity contribution in [1.29, 1.82) is 0 Å². The molecule has 1 atom stereocenters. The van der Waals surface area contributed by atoms with Crippen LogP contribution in [0.5, 0.6) is 0 Å². The van der Waals surface area contributed by atoms with Crippen molar-refractivity contribution < 1.29 is 32.6 Å². The van der Waals surface area contributed by atoms with Crippen LogP contribution in [-0.4, -0.2) is 78.9 Å². The van der Waals surface area contributed by atoms with E-state index in [1.807, 2.05) is 21.7 Å². The maximum absolute atomic E-state index is 12.6. The van der Waals surface area contributed by atoms with Crippen LogP contribution in [0.3, 0.4) is 0 Å². The zero-order chi connectivity index (χ0) is 20.8. The van der Waals surface area contributed by atoms with Gasteiger partial charge in [0.1, 0.15) is 0 Å². The molecule has 10 heteroatoms. The number of rotatable bonds is 2. The molecule has 3 rings (SSSR count). The summed E-state index contributed by atoms with van der Waals surface area (Å²) in [6.07, 6.45) is -2.84. The molecular formula is C18H25F3N2O4S. The number of hydrogen-bond acceptors (Lipinski definition) is 5. The first-order chi connectivity index (χ1) is 13.2. The second-order valence-electron chi connectivity index (χ2n) is 7.07. The summed E-state index contributed by atoms with van der Waals surface area (Å²) in [6.45, 7) is 8.64. The van der Waals surface area contributed by atoms with Gasteiger partial charge in [0, 0.05) is 37.0 Å². The third-order valence-corrected chi connectivity index (χ3v) is 5.61. The highest BCUT2D eigenvalue weighted by Gasteiger charge is 2.40. The van der Waals surface area contributed by atoms with Crippen molar-refractivity contribution in [2.24, 2.45) is 5.41 Å². The van der Waals surface area contributed by atoms with E-state index in [-0.39, 0.29) is 11.3 Å². The zero-order valence-corrected chi connectivity index (χ0v) is 16.5. The van der Waals surface area contributed by atoms with Crippen molar-refractivity contribution in [3.8, 4) is 0 Å². The van der Waals surface area contributed by atoms with Crippen LogP contribution in [0.4, 0.5) is 13.2 Å². The number of alkyl halides is 3. The minimum atomic E-state index is -5.08. The molecule has 0 saturated carbocycles. The molecule has 2 aliphatic rings. The van der Waals surface area contributed by atoms with E-state index in [1.54, 1.807) is 11.3 Å². The number of piperidine rings is 1. The Morgan fingerprint density at radius 3 is 2.61 bits per heavy atom.